The summed E-state index contributed by atoms with van der Waals surface area (Å²) < 4.78 is 5.07. The third-order valence-electron chi connectivity index (χ3n) is 2.15. The van der Waals surface area contributed by atoms with E-state index >= 15 is 0 Å². The molecule has 0 aliphatic rings. The molecule has 0 spiro atoms. The minimum atomic E-state index is -0.132. The maximum Gasteiger partial charge on any atom is 0.305 e. The van der Waals surface area contributed by atoms with E-state index in [1.165, 1.54) is 5.56 Å². The molecule has 0 aliphatic carbocycles. The first-order chi connectivity index (χ1) is 6.74. The number of hydrogen-bond acceptors (Lipinski definition) is 2. The lowest BCUT2D eigenvalue weighted by Gasteiger charge is -2.11. The van der Waals surface area contributed by atoms with Crippen molar-refractivity contribution in [2.75, 3.05) is 6.61 Å². The van der Waals surface area contributed by atoms with Gasteiger partial charge in [0.2, 0.25) is 0 Å². The highest BCUT2D eigenvalue weighted by Gasteiger charge is 2.07. The van der Waals surface area contributed by atoms with E-state index in [-0.39, 0.29) is 11.9 Å². The predicted molar refractivity (Wildman–Crippen MR) is 56.1 cm³/mol. The third kappa shape index (κ3) is 3.21. The zero-order valence-electron chi connectivity index (χ0n) is 8.69. The summed E-state index contributed by atoms with van der Waals surface area (Å²) in [5, 5.41) is 0. The van der Waals surface area contributed by atoms with Crippen molar-refractivity contribution in [3.63, 3.8) is 0 Å². The molecule has 1 aromatic rings. The fraction of sp³-hybridized carbons (Fsp3) is 0.417. The standard InChI is InChI=1S/C12H16O2/c1-3-12(13)14-9-10(2)11-7-5-4-6-8-11/h4-8,10H,3,9H2,1-2H3/t10-/m1/s1. The highest BCUT2D eigenvalue weighted by atomic mass is 16.5. The van der Waals surface area contributed by atoms with Crippen molar-refractivity contribution in [3.8, 4) is 0 Å². The van der Waals surface area contributed by atoms with Crippen molar-refractivity contribution in [1.29, 1.82) is 0 Å². The average Bonchev–Trinajstić information content (AvgIpc) is 2.26. The van der Waals surface area contributed by atoms with Crippen LogP contribution in [-0.4, -0.2) is 12.6 Å². The second kappa shape index (κ2) is 5.43. The lowest BCUT2D eigenvalue weighted by Crippen LogP contribution is -2.09. The second-order valence-electron chi connectivity index (χ2n) is 3.35. The van der Waals surface area contributed by atoms with Gasteiger partial charge in [0.1, 0.15) is 0 Å². The Bertz CT molecular complexity index is 280. The fourth-order valence-electron chi connectivity index (χ4n) is 1.20. The van der Waals surface area contributed by atoms with Crippen LogP contribution >= 0.6 is 0 Å². The van der Waals surface area contributed by atoms with E-state index in [0.29, 0.717) is 13.0 Å². The van der Waals surface area contributed by atoms with E-state index in [2.05, 4.69) is 6.92 Å². The van der Waals surface area contributed by atoms with E-state index in [9.17, 15) is 4.79 Å². The normalized spacial score (nSPS) is 12.1. The van der Waals surface area contributed by atoms with Crippen LogP contribution in [0.5, 0.6) is 0 Å². The third-order valence-corrected chi connectivity index (χ3v) is 2.15. The van der Waals surface area contributed by atoms with E-state index in [4.69, 9.17) is 4.74 Å². The van der Waals surface area contributed by atoms with Crippen LogP contribution < -0.4 is 0 Å². The van der Waals surface area contributed by atoms with Crippen molar-refractivity contribution in [1.82, 2.24) is 0 Å². The van der Waals surface area contributed by atoms with Crippen LogP contribution in [0.15, 0.2) is 30.3 Å². The lowest BCUT2D eigenvalue weighted by molar-refractivity contribution is -0.143. The van der Waals surface area contributed by atoms with Gasteiger partial charge in [-0.15, -0.1) is 0 Å². The molecule has 0 radical (unpaired) electrons. The zero-order valence-corrected chi connectivity index (χ0v) is 8.69. The first-order valence-electron chi connectivity index (χ1n) is 4.94. The molecule has 0 unspecified atom stereocenters. The van der Waals surface area contributed by atoms with Crippen molar-refractivity contribution in [3.05, 3.63) is 35.9 Å². The van der Waals surface area contributed by atoms with Gasteiger partial charge >= 0.3 is 5.97 Å². The van der Waals surface area contributed by atoms with E-state index in [0.717, 1.165) is 0 Å². The Morgan fingerprint density at radius 3 is 2.57 bits per heavy atom. The summed E-state index contributed by atoms with van der Waals surface area (Å²) >= 11 is 0. The summed E-state index contributed by atoms with van der Waals surface area (Å²) in [6, 6.07) is 10.1. The Morgan fingerprint density at radius 2 is 2.00 bits per heavy atom. The smallest absolute Gasteiger partial charge is 0.305 e. The molecular weight excluding hydrogens is 176 g/mol. The zero-order chi connectivity index (χ0) is 10.4. The topological polar surface area (TPSA) is 26.3 Å². The SMILES string of the molecule is CCC(=O)OC[C@@H](C)c1ccccc1. The van der Waals surface area contributed by atoms with Crippen molar-refractivity contribution in [2.24, 2.45) is 0 Å². The van der Waals surface area contributed by atoms with Crippen molar-refractivity contribution in [2.45, 2.75) is 26.2 Å². The Balaban J connectivity index is 2.43. The van der Waals surface area contributed by atoms with Crippen molar-refractivity contribution >= 4 is 5.97 Å². The van der Waals surface area contributed by atoms with Crippen LogP contribution in [0.4, 0.5) is 0 Å². The molecule has 0 bridgehead atoms. The monoisotopic (exact) mass is 192 g/mol. The molecule has 14 heavy (non-hydrogen) atoms. The molecule has 1 atom stereocenters. The summed E-state index contributed by atoms with van der Waals surface area (Å²) in [4.78, 5) is 10.9. The quantitative estimate of drug-likeness (QED) is 0.686. The highest BCUT2D eigenvalue weighted by molar-refractivity contribution is 5.68. The molecule has 0 amide bonds. The van der Waals surface area contributed by atoms with Crippen LogP contribution in [-0.2, 0) is 9.53 Å². The Labute approximate surface area is 84.9 Å². The number of rotatable bonds is 4. The van der Waals surface area contributed by atoms with Crippen LogP contribution in [0.25, 0.3) is 0 Å². The van der Waals surface area contributed by atoms with Gasteiger partial charge in [-0.2, -0.15) is 0 Å². The molecule has 0 saturated heterocycles. The summed E-state index contributed by atoms with van der Waals surface area (Å²) in [5.74, 6) is 0.138. The van der Waals surface area contributed by atoms with Crippen molar-refractivity contribution < 1.29 is 9.53 Å². The predicted octanol–water partition coefficient (Wildman–Crippen LogP) is 2.74. The van der Waals surface area contributed by atoms with Gasteiger partial charge in [-0.1, -0.05) is 44.2 Å². The molecule has 0 fully saturated rings. The first-order valence-corrected chi connectivity index (χ1v) is 4.94. The molecule has 0 aromatic heterocycles. The molecular formula is C12H16O2. The number of hydrogen-bond donors (Lipinski definition) is 0. The van der Waals surface area contributed by atoms with Gasteiger partial charge in [0.25, 0.3) is 0 Å². The molecule has 2 nitrogen and oxygen atoms in total. The van der Waals surface area contributed by atoms with Crippen LogP contribution in [0.1, 0.15) is 31.7 Å². The van der Waals surface area contributed by atoms with Gasteiger partial charge in [-0.25, -0.2) is 0 Å². The molecule has 1 rings (SSSR count). The maximum absolute atomic E-state index is 10.9. The highest BCUT2D eigenvalue weighted by Crippen LogP contribution is 2.14. The Hall–Kier alpha value is -1.31. The van der Waals surface area contributed by atoms with E-state index in [1.807, 2.05) is 30.3 Å². The maximum atomic E-state index is 10.9. The summed E-state index contributed by atoms with van der Waals surface area (Å²) in [7, 11) is 0. The molecule has 0 heterocycles. The van der Waals surface area contributed by atoms with E-state index < -0.39 is 0 Å². The number of esters is 1. The molecule has 76 valence electrons. The summed E-state index contributed by atoms with van der Waals surface area (Å²) in [6.07, 6.45) is 0.446. The van der Waals surface area contributed by atoms with Gasteiger partial charge in [-0.3, -0.25) is 4.79 Å². The molecule has 2 heteroatoms. The minimum Gasteiger partial charge on any atom is -0.465 e. The van der Waals surface area contributed by atoms with Gasteiger partial charge < -0.3 is 4.74 Å². The van der Waals surface area contributed by atoms with Crippen LogP contribution in [0, 0.1) is 0 Å². The van der Waals surface area contributed by atoms with E-state index in [1.54, 1.807) is 6.92 Å². The Kier molecular flexibility index (Phi) is 4.17. The minimum absolute atomic E-state index is 0.132. The second-order valence-corrected chi connectivity index (χ2v) is 3.35. The number of carbonyl (C=O) groups is 1. The van der Waals surface area contributed by atoms with Gasteiger partial charge in [0.05, 0.1) is 6.61 Å². The molecule has 0 saturated carbocycles. The number of benzene rings is 1. The lowest BCUT2D eigenvalue weighted by atomic mass is 10.0. The van der Waals surface area contributed by atoms with Gasteiger partial charge in [0, 0.05) is 12.3 Å². The number of carbonyl (C=O) groups excluding carboxylic acids is 1. The largest absolute Gasteiger partial charge is 0.465 e. The van der Waals surface area contributed by atoms with Crippen LogP contribution in [0.2, 0.25) is 0 Å². The number of ether oxygens (including phenoxy) is 1. The van der Waals surface area contributed by atoms with Gasteiger partial charge in [-0.05, 0) is 5.56 Å². The summed E-state index contributed by atoms with van der Waals surface area (Å²) in [6.45, 7) is 4.32. The average molecular weight is 192 g/mol. The summed E-state index contributed by atoms with van der Waals surface area (Å²) in [5.41, 5.74) is 1.21. The molecule has 0 aliphatic heterocycles. The Morgan fingerprint density at radius 1 is 1.36 bits per heavy atom. The first kappa shape index (κ1) is 10.8. The molecule has 0 N–H and O–H groups in total. The van der Waals surface area contributed by atoms with Gasteiger partial charge in [0.15, 0.2) is 0 Å². The fourth-order valence-corrected chi connectivity index (χ4v) is 1.20. The van der Waals surface area contributed by atoms with Crippen LogP contribution in [0.3, 0.4) is 0 Å². The molecule has 1 aromatic carbocycles.